The third-order valence-electron chi connectivity index (χ3n) is 2.64. The highest BCUT2D eigenvalue weighted by Gasteiger charge is 2.23. The van der Waals surface area contributed by atoms with Crippen LogP contribution < -0.4 is 5.32 Å². The maximum absolute atomic E-state index is 13.6. The van der Waals surface area contributed by atoms with Gasteiger partial charge in [0.15, 0.2) is 11.6 Å². The Morgan fingerprint density at radius 2 is 1.95 bits per heavy atom. The average Bonchev–Trinajstić information content (AvgIpc) is 2.31. The fraction of sp³-hybridized carbons (Fsp3) is 0.467. The average molecular weight is 315 g/mol. The van der Waals surface area contributed by atoms with Gasteiger partial charge in [-0.05, 0) is 38.8 Å². The molecule has 1 aromatic carbocycles. The summed E-state index contributed by atoms with van der Waals surface area (Å²) in [6.07, 6.45) is -1.40. The largest absolute Gasteiger partial charge is 0.481 e. The SMILES string of the molecule is CC(C)(C)OC(=O)N[C@@H](CC(=O)O)Cc1cccc(F)c1F. The smallest absolute Gasteiger partial charge is 0.407 e. The van der Waals surface area contributed by atoms with Crippen molar-refractivity contribution in [3.63, 3.8) is 0 Å². The van der Waals surface area contributed by atoms with Gasteiger partial charge in [0, 0.05) is 6.04 Å². The number of carboxylic acids is 1. The zero-order chi connectivity index (χ0) is 16.9. The number of halogens is 2. The first-order valence-electron chi connectivity index (χ1n) is 6.72. The predicted octanol–water partition coefficient (Wildman–Crippen LogP) is 2.88. The number of alkyl carbamates (subject to hydrolysis) is 1. The molecule has 0 unspecified atom stereocenters. The summed E-state index contributed by atoms with van der Waals surface area (Å²) in [5.41, 5.74) is -0.760. The molecule has 0 saturated heterocycles. The number of carbonyl (C=O) groups excluding carboxylic acids is 1. The number of hydrogen-bond donors (Lipinski definition) is 2. The van der Waals surface area contributed by atoms with Gasteiger partial charge in [0.2, 0.25) is 0 Å². The summed E-state index contributed by atoms with van der Waals surface area (Å²) >= 11 is 0. The van der Waals surface area contributed by atoms with Crippen molar-refractivity contribution >= 4 is 12.1 Å². The monoisotopic (exact) mass is 315 g/mol. The van der Waals surface area contributed by atoms with E-state index in [2.05, 4.69) is 5.32 Å². The van der Waals surface area contributed by atoms with Gasteiger partial charge in [-0.2, -0.15) is 0 Å². The molecule has 1 rings (SSSR count). The van der Waals surface area contributed by atoms with Gasteiger partial charge in [0.1, 0.15) is 5.60 Å². The van der Waals surface area contributed by atoms with Crippen molar-refractivity contribution in [3.05, 3.63) is 35.4 Å². The van der Waals surface area contributed by atoms with Crippen molar-refractivity contribution in [1.29, 1.82) is 0 Å². The Hall–Kier alpha value is -2.18. The summed E-state index contributed by atoms with van der Waals surface area (Å²) in [6, 6.07) is 2.71. The normalized spacial score (nSPS) is 12.6. The van der Waals surface area contributed by atoms with E-state index in [1.54, 1.807) is 20.8 Å². The molecule has 0 radical (unpaired) electrons. The van der Waals surface area contributed by atoms with E-state index in [4.69, 9.17) is 9.84 Å². The van der Waals surface area contributed by atoms with E-state index in [-0.39, 0.29) is 12.0 Å². The number of amides is 1. The first-order valence-corrected chi connectivity index (χ1v) is 6.72. The molecule has 0 aliphatic heterocycles. The van der Waals surface area contributed by atoms with E-state index < -0.39 is 41.8 Å². The second-order valence-corrected chi connectivity index (χ2v) is 5.86. The van der Waals surface area contributed by atoms with E-state index in [9.17, 15) is 18.4 Å². The van der Waals surface area contributed by atoms with Crippen LogP contribution in [0.2, 0.25) is 0 Å². The quantitative estimate of drug-likeness (QED) is 0.876. The molecule has 2 N–H and O–H groups in total. The molecule has 122 valence electrons. The molecule has 0 aromatic heterocycles. The first kappa shape index (κ1) is 17.9. The number of carbonyl (C=O) groups is 2. The van der Waals surface area contributed by atoms with E-state index in [0.29, 0.717) is 0 Å². The second-order valence-electron chi connectivity index (χ2n) is 5.86. The van der Waals surface area contributed by atoms with Crippen LogP contribution in [-0.2, 0) is 16.0 Å². The zero-order valence-electron chi connectivity index (χ0n) is 12.7. The standard InChI is InChI=1S/C15H19F2NO4/c1-15(2,3)22-14(21)18-10(8-12(19)20)7-9-5-4-6-11(16)13(9)17/h4-6,10H,7-8H2,1-3H3,(H,18,21)(H,19,20)/t10-/m1/s1. The van der Waals surface area contributed by atoms with Crippen molar-refractivity contribution in [1.82, 2.24) is 5.32 Å². The number of rotatable bonds is 5. The van der Waals surface area contributed by atoms with Crippen LogP contribution in [0.4, 0.5) is 13.6 Å². The van der Waals surface area contributed by atoms with Crippen LogP contribution in [0.5, 0.6) is 0 Å². The van der Waals surface area contributed by atoms with Crippen molar-refractivity contribution in [2.24, 2.45) is 0 Å². The summed E-state index contributed by atoms with van der Waals surface area (Å²) < 4.78 is 31.8. The molecule has 1 atom stereocenters. The van der Waals surface area contributed by atoms with E-state index in [0.717, 1.165) is 6.07 Å². The summed E-state index contributed by atoms with van der Waals surface area (Å²) in [6.45, 7) is 4.97. The molecule has 7 heteroatoms. The van der Waals surface area contributed by atoms with Crippen LogP contribution in [0.3, 0.4) is 0 Å². The number of nitrogens with one attached hydrogen (secondary N) is 1. The van der Waals surface area contributed by atoms with Crippen LogP contribution in [0.1, 0.15) is 32.8 Å². The van der Waals surface area contributed by atoms with Gasteiger partial charge in [-0.1, -0.05) is 12.1 Å². The van der Waals surface area contributed by atoms with Crippen LogP contribution in [0.15, 0.2) is 18.2 Å². The molecule has 1 amide bonds. The second kappa shape index (κ2) is 7.20. The Morgan fingerprint density at radius 1 is 1.32 bits per heavy atom. The maximum atomic E-state index is 13.6. The molecule has 0 heterocycles. The van der Waals surface area contributed by atoms with Gasteiger partial charge in [-0.3, -0.25) is 4.79 Å². The minimum atomic E-state index is -1.17. The van der Waals surface area contributed by atoms with Crippen LogP contribution >= 0.6 is 0 Å². The third-order valence-corrected chi connectivity index (χ3v) is 2.64. The van der Waals surface area contributed by atoms with Gasteiger partial charge in [-0.25, -0.2) is 13.6 Å². The molecule has 0 aliphatic carbocycles. The molecule has 0 fully saturated rings. The van der Waals surface area contributed by atoms with Crippen molar-refractivity contribution in [2.45, 2.75) is 45.3 Å². The topological polar surface area (TPSA) is 75.6 Å². The molecular weight excluding hydrogens is 296 g/mol. The third kappa shape index (κ3) is 6.07. The van der Waals surface area contributed by atoms with Gasteiger partial charge >= 0.3 is 12.1 Å². The number of carboxylic acid groups (broad SMARTS) is 1. The first-order chi connectivity index (χ1) is 10.1. The van der Waals surface area contributed by atoms with E-state index in [1.807, 2.05) is 0 Å². The highest BCUT2D eigenvalue weighted by molar-refractivity contribution is 5.71. The number of benzene rings is 1. The summed E-state index contributed by atoms with van der Waals surface area (Å²) in [5, 5.41) is 11.2. The number of ether oxygens (including phenoxy) is 1. The van der Waals surface area contributed by atoms with Crippen molar-refractivity contribution < 1.29 is 28.2 Å². The van der Waals surface area contributed by atoms with Gasteiger partial charge in [-0.15, -0.1) is 0 Å². The molecule has 22 heavy (non-hydrogen) atoms. The predicted molar refractivity (Wildman–Crippen MR) is 75.5 cm³/mol. The Balaban J connectivity index is 2.82. The highest BCUT2D eigenvalue weighted by atomic mass is 19.2. The summed E-state index contributed by atoms with van der Waals surface area (Å²) in [7, 11) is 0. The molecule has 0 bridgehead atoms. The molecule has 5 nitrogen and oxygen atoms in total. The van der Waals surface area contributed by atoms with E-state index >= 15 is 0 Å². The maximum Gasteiger partial charge on any atom is 0.407 e. The van der Waals surface area contributed by atoms with Gasteiger partial charge < -0.3 is 15.2 Å². The van der Waals surface area contributed by atoms with Crippen LogP contribution in [0.25, 0.3) is 0 Å². The number of hydrogen-bond acceptors (Lipinski definition) is 3. The molecule has 1 aromatic rings. The summed E-state index contributed by atoms with van der Waals surface area (Å²) in [5.74, 6) is -3.24. The van der Waals surface area contributed by atoms with Crippen molar-refractivity contribution in [3.8, 4) is 0 Å². The lowest BCUT2D eigenvalue weighted by molar-refractivity contribution is -0.137. The van der Waals surface area contributed by atoms with Gasteiger partial charge in [0.05, 0.1) is 6.42 Å². The lowest BCUT2D eigenvalue weighted by atomic mass is 10.0. The Labute approximate surface area is 127 Å². The zero-order valence-corrected chi connectivity index (χ0v) is 12.7. The molecule has 0 saturated carbocycles. The fourth-order valence-corrected chi connectivity index (χ4v) is 1.83. The Bertz CT molecular complexity index is 555. The molecular formula is C15H19F2NO4. The van der Waals surface area contributed by atoms with Crippen LogP contribution in [0, 0.1) is 11.6 Å². The summed E-state index contributed by atoms with van der Waals surface area (Å²) in [4.78, 5) is 22.6. The Morgan fingerprint density at radius 3 is 2.50 bits per heavy atom. The lowest BCUT2D eigenvalue weighted by Crippen LogP contribution is -2.41. The fourth-order valence-electron chi connectivity index (χ4n) is 1.83. The lowest BCUT2D eigenvalue weighted by Gasteiger charge is -2.23. The van der Waals surface area contributed by atoms with Crippen LogP contribution in [-0.4, -0.2) is 28.8 Å². The Kier molecular flexibility index (Phi) is 5.84. The van der Waals surface area contributed by atoms with E-state index in [1.165, 1.54) is 12.1 Å². The molecule has 0 aliphatic rings. The number of aliphatic carboxylic acids is 1. The minimum Gasteiger partial charge on any atom is -0.481 e. The minimum absolute atomic E-state index is 0.0118. The van der Waals surface area contributed by atoms with Gasteiger partial charge in [0.25, 0.3) is 0 Å². The molecule has 0 spiro atoms. The highest BCUT2D eigenvalue weighted by Crippen LogP contribution is 2.15. The van der Waals surface area contributed by atoms with Crippen molar-refractivity contribution in [2.75, 3.05) is 0 Å².